The lowest BCUT2D eigenvalue weighted by Crippen LogP contribution is -2.08. The van der Waals surface area contributed by atoms with E-state index in [0.29, 0.717) is 18.9 Å². The van der Waals surface area contributed by atoms with Crippen molar-refractivity contribution in [2.45, 2.75) is 26.5 Å². The van der Waals surface area contributed by atoms with E-state index in [1.165, 1.54) is 6.33 Å². The Hall–Kier alpha value is -3.03. The number of hydrogen-bond acceptors (Lipinski definition) is 7. The van der Waals surface area contributed by atoms with Gasteiger partial charge in [0.2, 0.25) is 5.89 Å². The fraction of sp³-hybridized carbons (Fsp3) is 0.267. The number of carbonyl (C=O) groups excluding carboxylic acids is 1. The second-order valence-corrected chi connectivity index (χ2v) is 4.75. The van der Waals surface area contributed by atoms with Crippen molar-refractivity contribution in [1.82, 2.24) is 25.0 Å². The minimum Gasteiger partial charge on any atom is -0.450 e. The van der Waals surface area contributed by atoms with Crippen molar-refractivity contribution in [3.05, 3.63) is 59.8 Å². The van der Waals surface area contributed by atoms with Crippen molar-refractivity contribution < 1.29 is 13.9 Å². The SMILES string of the molecule is CCn1cnc(C(=O)OCc2nnc(Cc3ccccc3)o2)n1. The molecule has 0 bridgehead atoms. The number of esters is 1. The molecule has 3 rings (SSSR count). The number of ether oxygens (including phenoxy) is 1. The zero-order valence-corrected chi connectivity index (χ0v) is 12.5. The van der Waals surface area contributed by atoms with E-state index in [-0.39, 0.29) is 18.3 Å². The van der Waals surface area contributed by atoms with Crippen LogP contribution in [0.3, 0.4) is 0 Å². The Morgan fingerprint density at radius 2 is 2.00 bits per heavy atom. The number of aromatic nitrogens is 5. The molecular formula is C15H15N5O3. The summed E-state index contributed by atoms with van der Waals surface area (Å²) in [6, 6.07) is 9.77. The maximum absolute atomic E-state index is 11.8. The van der Waals surface area contributed by atoms with Crippen molar-refractivity contribution in [1.29, 1.82) is 0 Å². The van der Waals surface area contributed by atoms with E-state index in [2.05, 4.69) is 20.3 Å². The van der Waals surface area contributed by atoms with Crippen molar-refractivity contribution >= 4 is 5.97 Å². The summed E-state index contributed by atoms with van der Waals surface area (Å²) in [6.45, 7) is 2.42. The minimum absolute atomic E-state index is 0.0101. The first-order chi connectivity index (χ1) is 11.2. The summed E-state index contributed by atoms with van der Waals surface area (Å²) in [5, 5.41) is 11.8. The van der Waals surface area contributed by atoms with Gasteiger partial charge in [0.15, 0.2) is 6.61 Å². The first kappa shape index (κ1) is 14.9. The molecule has 118 valence electrons. The van der Waals surface area contributed by atoms with Crippen LogP contribution in [0.15, 0.2) is 41.1 Å². The predicted molar refractivity (Wildman–Crippen MR) is 78.4 cm³/mol. The van der Waals surface area contributed by atoms with Gasteiger partial charge in [-0.05, 0) is 12.5 Å². The molecule has 0 saturated heterocycles. The molecule has 0 atom stereocenters. The monoisotopic (exact) mass is 313 g/mol. The third-order valence-corrected chi connectivity index (χ3v) is 3.08. The lowest BCUT2D eigenvalue weighted by molar-refractivity contribution is 0.0422. The number of hydrogen-bond donors (Lipinski definition) is 0. The third-order valence-electron chi connectivity index (χ3n) is 3.08. The van der Waals surface area contributed by atoms with E-state index in [1.54, 1.807) is 4.68 Å². The van der Waals surface area contributed by atoms with Crippen LogP contribution in [0.4, 0.5) is 0 Å². The first-order valence-electron chi connectivity index (χ1n) is 7.16. The van der Waals surface area contributed by atoms with Crippen molar-refractivity contribution in [3.8, 4) is 0 Å². The molecule has 3 aromatic rings. The van der Waals surface area contributed by atoms with E-state index in [4.69, 9.17) is 9.15 Å². The first-order valence-corrected chi connectivity index (χ1v) is 7.16. The number of rotatable bonds is 6. The van der Waals surface area contributed by atoms with Gasteiger partial charge in [-0.25, -0.2) is 9.78 Å². The number of benzene rings is 1. The molecule has 0 amide bonds. The Labute approximate surface area is 132 Å². The van der Waals surface area contributed by atoms with Gasteiger partial charge in [-0.15, -0.1) is 15.3 Å². The highest BCUT2D eigenvalue weighted by molar-refractivity contribution is 5.84. The lowest BCUT2D eigenvalue weighted by atomic mass is 10.2. The van der Waals surface area contributed by atoms with E-state index < -0.39 is 5.97 Å². The fourth-order valence-corrected chi connectivity index (χ4v) is 1.92. The minimum atomic E-state index is -0.625. The Bertz CT molecular complexity index is 781. The molecule has 0 radical (unpaired) electrons. The molecule has 8 heteroatoms. The summed E-state index contributed by atoms with van der Waals surface area (Å²) in [4.78, 5) is 15.7. The quantitative estimate of drug-likeness (QED) is 0.638. The molecule has 0 spiro atoms. The second-order valence-electron chi connectivity index (χ2n) is 4.75. The Morgan fingerprint density at radius 3 is 2.74 bits per heavy atom. The van der Waals surface area contributed by atoms with Gasteiger partial charge in [0.1, 0.15) is 6.33 Å². The third kappa shape index (κ3) is 3.79. The summed E-state index contributed by atoms with van der Waals surface area (Å²) in [7, 11) is 0. The normalized spacial score (nSPS) is 10.7. The van der Waals surface area contributed by atoms with Crippen LogP contribution in [0.1, 0.15) is 34.9 Å². The number of carbonyl (C=O) groups is 1. The molecule has 0 saturated carbocycles. The highest BCUT2D eigenvalue weighted by Gasteiger charge is 2.15. The molecule has 0 N–H and O–H groups in total. The highest BCUT2D eigenvalue weighted by atomic mass is 16.5. The average molecular weight is 313 g/mol. The molecule has 0 aliphatic carbocycles. The van der Waals surface area contributed by atoms with Crippen LogP contribution in [0.5, 0.6) is 0 Å². The number of nitrogens with zero attached hydrogens (tertiary/aromatic N) is 5. The molecule has 8 nitrogen and oxygen atoms in total. The summed E-state index contributed by atoms with van der Waals surface area (Å²) >= 11 is 0. The molecule has 0 aliphatic heterocycles. The van der Waals surface area contributed by atoms with Crippen LogP contribution in [0.25, 0.3) is 0 Å². The van der Waals surface area contributed by atoms with Gasteiger partial charge in [-0.3, -0.25) is 4.68 Å². The van der Waals surface area contributed by atoms with Crippen molar-refractivity contribution in [3.63, 3.8) is 0 Å². The van der Waals surface area contributed by atoms with Crippen LogP contribution >= 0.6 is 0 Å². The molecule has 2 aromatic heterocycles. The topological polar surface area (TPSA) is 95.9 Å². The smallest absolute Gasteiger partial charge is 0.378 e. The molecular weight excluding hydrogens is 298 g/mol. The largest absolute Gasteiger partial charge is 0.450 e. The van der Waals surface area contributed by atoms with Crippen LogP contribution in [0, 0.1) is 0 Å². The van der Waals surface area contributed by atoms with Crippen molar-refractivity contribution in [2.24, 2.45) is 0 Å². The maximum Gasteiger partial charge on any atom is 0.378 e. The molecule has 2 heterocycles. The lowest BCUT2D eigenvalue weighted by Gasteiger charge is -1.98. The standard InChI is InChI=1S/C15H15N5O3/c1-2-20-10-16-14(19-20)15(21)22-9-13-18-17-12(23-13)8-11-6-4-3-5-7-11/h3-7,10H,2,8-9H2,1H3. The summed E-state index contributed by atoms with van der Waals surface area (Å²) in [6.07, 6.45) is 2.01. The van der Waals surface area contributed by atoms with Crippen molar-refractivity contribution in [2.75, 3.05) is 0 Å². The van der Waals surface area contributed by atoms with Crippen LogP contribution < -0.4 is 0 Å². The van der Waals surface area contributed by atoms with Crippen LogP contribution in [0.2, 0.25) is 0 Å². The molecule has 0 unspecified atom stereocenters. The van der Waals surface area contributed by atoms with Gasteiger partial charge in [0.05, 0.1) is 6.42 Å². The molecule has 23 heavy (non-hydrogen) atoms. The average Bonchev–Trinajstić information content (AvgIpc) is 3.23. The fourth-order valence-electron chi connectivity index (χ4n) is 1.92. The summed E-state index contributed by atoms with van der Waals surface area (Å²) in [5.41, 5.74) is 1.06. The van der Waals surface area contributed by atoms with Crippen LogP contribution in [-0.4, -0.2) is 30.9 Å². The van der Waals surface area contributed by atoms with E-state index >= 15 is 0 Å². The van der Waals surface area contributed by atoms with Gasteiger partial charge in [-0.2, -0.15) is 0 Å². The number of aryl methyl sites for hydroxylation is 1. The Kier molecular flexibility index (Phi) is 4.41. The summed E-state index contributed by atoms with van der Waals surface area (Å²) < 4.78 is 12.1. The zero-order valence-electron chi connectivity index (χ0n) is 12.5. The van der Waals surface area contributed by atoms with Gasteiger partial charge in [0.25, 0.3) is 11.7 Å². The Balaban J connectivity index is 1.55. The molecule has 0 fully saturated rings. The van der Waals surface area contributed by atoms with Gasteiger partial charge in [0, 0.05) is 6.54 Å². The summed E-state index contributed by atoms with van der Waals surface area (Å²) in [5.74, 6) is 0.0886. The van der Waals surface area contributed by atoms with Gasteiger partial charge < -0.3 is 9.15 Å². The molecule has 1 aromatic carbocycles. The second kappa shape index (κ2) is 6.82. The van der Waals surface area contributed by atoms with E-state index in [1.807, 2.05) is 37.3 Å². The van der Waals surface area contributed by atoms with E-state index in [0.717, 1.165) is 5.56 Å². The Morgan fingerprint density at radius 1 is 1.22 bits per heavy atom. The van der Waals surface area contributed by atoms with E-state index in [9.17, 15) is 4.79 Å². The highest BCUT2D eigenvalue weighted by Crippen LogP contribution is 2.09. The van der Waals surface area contributed by atoms with Gasteiger partial charge >= 0.3 is 5.97 Å². The van der Waals surface area contributed by atoms with Crippen LogP contribution in [-0.2, 0) is 24.3 Å². The molecule has 0 aliphatic rings. The maximum atomic E-state index is 11.8. The zero-order chi connectivity index (χ0) is 16.1. The predicted octanol–water partition coefficient (Wildman–Crippen LogP) is 1.63. The van der Waals surface area contributed by atoms with Gasteiger partial charge in [-0.1, -0.05) is 30.3 Å².